The molecule has 0 aliphatic heterocycles. The zero-order chi connectivity index (χ0) is 5.41. The molecule has 5 N–H and O–H groups in total. The summed E-state index contributed by atoms with van der Waals surface area (Å²) in [7, 11) is 3.56. The topological polar surface area (TPSA) is 56.7 Å². The summed E-state index contributed by atoms with van der Waals surface area (Å²) in [6, 6.07) is 0. The van der Waals surface area contributed by atoms with Crippen LogP contribution >= 0.6 is 21.5 Å². The van der Waals surface area contributed by atoms with Crippen LogP contribution in [0.25, 0.3) is 0 Å². The van der Waals surface area contributed by atoms with Crippen LogP contribution in [0.2, 0.25) is 0 Å². The van der Waals surface area contributed by atoms with Crippen LogP contribution < -0.4 is 6.15 Å². The van der Waals surface area contributed by atoms with Gasteiger partial charge in [0.15, 0.2) is 0 Å². The zero-order valence-electron chi connectivity index (χ0n) is 4.97. The molecule has 0 saturated carbocycles. The molecule has 4 heteroatoms. The Bertz CT molecular complexity index is 33.2. The fraction of sp³-hybridized carbons (Fsp3) is 0.667. The first-order chi connectivity index (χ1) is 2.83. The normalized spacial score (nSPS) is 4.57. The lowest BCUT2D eigenvalue weighted by atomic mass is 11.8. The van der Waals surface area contributed by atoms with Crippen molar-refractivity contribution in [1.29, 1.82) is 1.43 Å². The van der Waals surface area contributed by atoms with Gasteiger partial charge in [-0.25, -0.2) is 0 Å². The fourth-order valence-electron chi connectivity index (χ4n) is 0. The van der Waals surface area contributed by atoms with Crippen LogP contribution in [0, 0.1) is 0 Å². The first-order valence-corrected chi connectivity index (χ1v) is 2.12. The molecule has 0 saturated heterocycles. The molecule has 0 amide bonds. The zero-order valence-corrected chi connectivity index (χ0v) is 5.94. The lowest BCUT2D eigenvalue weighted by Crippen LogP contribution is -1.25. The molecule has 0 aliphatic rings. The summed E-state index contributed by atoms with van der Waals surface area (Å²) in [5.41, 5.74) is 0. The Labute approximate surface area is 54.6 Å². The molecule has 0 aromatic carbocycles. The van der Waals surface area contributed by atoms with Crippen molar-refractivity contribution in [2.75, 3.05) is 7.11 Å². The predicted octanol–water partition coefficient (Wildman–Crippen LogP) is 1.44. The number of aliphatic hydroxyl groups is 1. The van der Waals surface area contributed by atoms with Crippen molar-refractivity contribution in [3.63, 3.8) is 0 Å². The van der Waals surface area contributed by atoms with Gasteiger partial charge in [-0.05, 0) is 5.11 Å². The van der Waals surface area contributed by atoms with Crippen LogP contribution in [0.4, 0.5) is 0 Å². The maximum Gasteiger partial charge on any atom is 0.210 e. The van der Waals surface area contributed by atoms with Crippen molar-refractivity contribution in [3.8, 4) is 0 Å². The molecule has 0 rings (SSSR count). The van der Waals surface area contributed by atoms with Gasteiger partial charge in [0.05, 0.1) is 0 Å². The highest BCUT2D eigenvalue weighted by atomic mass is 32.1. The Hall–Kier alpha value is 0.440. The highest BCUT2D eigenvalue weighted by Gasteiger charge is 1.18. The van der Waals surface area contributed by atoms with E-state index in [1.165, 1.54) is 12.2 Å². The SMILES string of the molecule is C.PC=S.[3H]OC.[NH4+]. The van der Waals surface area contributed by atoms with Gasteiger partial charge in [-0.1, -0.05) is 19.6 Å². The number of rotatable bonds is 0. The quantitative estimate of drug-likeness (QED) is 0.401. The van der Waals surface area contributed by atoms with E-state index in [0.29, 0.717) is 0 Å². The monoisotopic (exact) mass is 146 g/mol. The number of thiocarbonyl (C=S) groups is 1. The number of hydrogen-bond acceptors (Lipinski definition) is 2. The smallest absolute Gasteiger partial charge is 0.210 e. The van der Waals surface area contributed by atoms with E-state index >= 15 is 0 Å². The minimum Gasteiger partial charge on any atom is -0.400 e. The van der Waals surface area contributed by atoms with Crippen LogP contribution in [0.3, 0.4) is 0 Å². The van der Waals surface area contributed by atoms with Crippen LogP contribution in [0.1, 0.15) is 7.43 Å². The molecule has 2 nitrogen and oxygen atoms in total. The minimum absolute atomic E-state index is 0. The maximum atomic E-state index is 5.71. The summed E-state index contributed by atoms with van der Waals surface area (Å²) < 4.78 is 5.71. The Morgan fingerprint density at radius 1 is 2.00 bits per heavy atom. The Kier molecular flexibility index (Phi) is 206. The van der Waals surface area contributed by atoms with Gasteiger partial charge < -0.3 is 11.3 Å². The van der Waals surface area contributed by atoms with Crippen LogP contribution in [-0.4, -0.2) is 18.8 Å². The van der Waals surface area contributed by atoms with Gasteiger partial charge in [-0.15, -0.1) is 9.24 Å². The van der Waals surface area contributed by atoms with E-state index in [1.54, 1.807) is 0 Å². The second kappa shape index (κ2) is 91.9. The van der Waals surface area contributed by atoms with E-state index in [1.807, 2.05) is 0 Å². The largest absolute Gasteiger partial charge is 0.400 e. The van der Waals surface area contributed by atoms with Gasteiger partial charge in [-0.2, -0.15) is 0 Å². The van der Waals surface area contributed by atoms with Crippen molar-refractivity contribution in [2.45, 2.75) is 7.43 Å². The molecule has 0 bridgehead atoms. The van der Waals surface area contributed by atoms with E-state index in [9.17, 15) is 0 Å². The van der Waals surface area contributed by atoms with Gasteiger partial charge in [0.1, 0.15) is 0 Å². The van der Waals surface area contributed by atoms with E-state index in [-0.39, 0.29) is 13.6 Å². The molecule has 1 unspecified atom stereocenters. The molecular weight excluding hydrogens is 129 g/mol. The number of aliphatic hydroxyl groups excluding tert-OH is 1. The van der Waals surface area contributed by atoms with Crippen LogP contribution in [-0.2, 0) is 0 Å². The van der Waals surface area contributed by atoms with Gasteiger partial charge in [0.2, 0.25) is 1.43 Å². The lowest BCUT2D eigenvalue weighted by Gasteiger charge is -1.28. The van der Waals surface area contributed by atoms with Crippen LogP contribution in [0.5, 0.6) is 0 Å². The third-order valence-electron chi connectivity index (χ3n) is 0. The number of hydrogen-bond donors (Lipinski definition) is 2. The molecule has 0 spiro atoms. The fourth-order valence-corrected chi connectivity index (χ4v) is 0. The van der Waals surface area contributed by atoms with Gasteiger partial charge >= 0.3 is 0 Å². The van der Waals surface area contributed by atoms with E-state index < -0.39 is 0 Å². The van der Waals surface area contributed by atoms with E-state index in [0.717, 1.165) is 0 Å². The number of quaternary nitrogens is 1. The maximum absolute atomic E-state index is 5.71. The Balaban J connectivity index is -0.0000000160. The van der Waals surface area contributed by atoms with Crippen molar-refractivity contribution in [1.82, 2.24) is 6.15 Å². The summed E-state index contributed by atoms with van der Waals surface area (Å²) in [5.74, 6) is 0. The summed E-state index contributed by atoms with van der Waals surface area (Å²) in [6.07, 6.45) is 0. The molecule has 0 radical (unpaired) electrons. The molecule has 0 fully saturated rings. The summed E-state index contributed by atoms with van der Waals surface area (Å²) in [6.45, 7) is 0. The van der Waals surface area contributed by atoms with Crippen molar-refractivity contribution in [3.05, 3.63) is 0 Å². The molecular formula is C3H15NOPS+. The Morgan fingerprint density at radius 3 is 2.00 bits per heavy atom. The minimum atomic E-state index is 0. The van der Waals surface area contributed by atoms with Crippen LogP contribution in [0.15, 0.2) is 0 Å². The Morgan fingerprint density at radius 2 is 2.00 bits per heavy atom. The summed E-state index contributed by atoms with van der Waals surface area (Å²) >= 11 is 4.23. The standard InChI is InChI=1S/CH4O.CH3PS.CH4.H3N/c1-2;2-1-3;;/h2H,1H3;1H,2H2;1H4;1H3/p+1/i2T;;;. The van der Waals surface area contributed by atoms with E-state index in [4.69, 9.17) is 1.43 Å². The second-order valence-corrected chi connectivity index (χ2v) is 1.22. The third-order valence-corrected chi connectivity index (χ3v) is 0. The van der Waals surface area contributed by atoms with Crippen molar-refractivity contribution in [2.24, 2.45) is 0 Å². The molecule has 0 aromatic heterocycles. The summed E-state index contributed by atoms with van der Waals surface area (Å²) in [4.78, 5) is 0. The molecule has 48 valence electrons. The molecule has 7 heavy (non-hydrogen) atoms. The average molecular weight is 146 g/mol. The van der Waals surface area contributed by atoms with Crippen molar-refractivity contribution >= 4 is 26.6 Å². The first kappa shape index (κ1) is 15.7. The second-order valence-electron chi connectivity index (χ2n) is 0.136. The predicted molar refractivity (Wildman–Crippen MR) is 44.2 cm³/mol. The van der Waals surface area contributed by atoms with Gasteiger partial charge in [0.25, 0.3) is 0 Å². The summed E-state index contributed by atoms with van der Waals surface area (Å²) in [5, 5.41) is 5.00. The average Bonchev–Trinajstić information content (AvgIpc) is 1.39. The van der Waals surface area contributed by atoms with Gasteiger partial charge in [-0.3, -0.25) is 0 Å². The first-order valence-electron chi connectivity index (χ1n) is 1.39. The molecule has 0 heterocycles. The lowest BCUT2D eigenvalue weighted by molar-refractivity contribution is 0.399. The molecule has 1 atom stereocenters. The van der Waals surface area contributed by atoms with Crippen molar-refractivity contribution < 1.29 is 5.11 Å². The highest BCUT2D eigenvalue weighted by Crippen LogP contribution is 1.60. The third kappa shape index (κ3) is 656. The van der Waals surface area contributed by atoms with E-state index in [2.05, 4.69) is 26.6 Å². The molecule has 0 aliphatic carbocycles. The highest BCUT2D eigenvalue weighted by molar-refractivity contribution is 7.87. The molecule has 0 aromatic rings. The van der Waals surface area contributed by atoms with Gasteiger partial charge in [0, 0.05) is 7.11 Å².